The first-order valence-corrected chi connectivity index (χ1v) is 8.41. The van der Waals surface area contributed by atoms with Crippen LogP contribution >= 0.6 is 11.3 Å². The monoisotopic (exact) mass is 319 g/mol. The Labute approximate surface area is 134 Å². The number of aromatic nitrogens is 3. The van der Waals surface area contributed by atoms with Gasteiger partial charge in [-0.15, -0.1) is 11.3 Å². The maximum Gasteiger partial charge on any atom is 0.244 e. The number of rotatable bonds is 4. The van der Waals surface area contributed by atoms with Gasteiger partial charge in [0.2, 0.25) is 5.91 Å². The number of carbonyl (C=O) groups excluding carboxylic acids is 1. The molecule has 1 aliphatic heterocycles. The van der Waals surface area contributed by atoms with Crippen molar-refractivity contribution in [2.45, 2.75) is 24.8 Å². The number of nitrogens with one attached hydrogen (secondary N) is 1. The number of hydrogen-bond donors (Lipinski definition) is 1. The summed E-state index contributed by atoms with van der Waals surface area (Å²) >= 11 is 1.68. The van der Waals surface area contributed by atoms with Crippen molar-refractivity contribution < 1.29 is 4.79 Å². The van der Waals surface area contributed by atoms with Crippen LogP contribution in [-0.4, -0.2) is 45.7 Å². The second-order valence-electron chi connectivity index (χ2n) is 5.66. The van der Waals surface area contributed by atoms with E-state index in [0.29, 0.717) is 5.92 Å². The summed E-state index contributed by atoms with van der Waals surface area (Å²) < 4.78 is 1.72. The molecule has 7 heteroatoms. The van der Waals surface area contributed by atoms with Crippen molar-refractivity contribution in [1.29, 1.82) is 0 Å². The number of likely N-dealkylation sites (N-methyl/N-ethyl adjacent to an activating group) is 1. The fraction of sp³-hybridized carbons (Fsp3) is 0.533. The molecule has 2 atom stereocenters. The van der Waals surface area contributed by atoms with Crippen LogP contribution in [0.15, 0.2) is 24.0 Å². The number of aryl methyl sites for hydroxylation is 1. The Morgan fingerprint density at radius 3 is 3.05 bits per heavy atom. The Morgan fingerprint density at radius 1 is 1.55 bits per heavy atom. The summed E-state index contributed by atoms with van der Waals surface area (Å²) in [7, 11) is 3.68. The van der Waals surface area contributed by atoms with E-state index in [-0.39, 0.29) is 11.9 Å². The van der Waals surface area contributed by atoms with Gasteiger partial charge in [-0.2, -0.15) is 5.10 Å². The summed E-state index contributed by atoms with van der Waals surface area (Å²) in [6, 6.07) is -0.330. The van der Waals surface area contributed by atoms with Crippen molar-refractivity contribution in [2.24, 2.45) is 7.05 Å². The maximum absolute atomic E-state index is 12.9. The molecule has 3 rings (SSSR count). The Kier molecular flexibility index (Phi) is 4.54. The molecule has 0 spiro atoms. The van der Waals surface area contributed by atoms with Crippen molar-refractivity contribution in [2.75, 3.05) is 20.1 Å². The Morgan fingerprint density at radius 2 is 2.41 bits per heavy atom. The Balaban J connectivity index is 1.73. The van der Waals surface area contributed by atoms with Crippen LogP contribution in [0, 0.1) is 0 Å². The van der Waals surface area contributed by atoms with E-state index in [1.807, 2.05) is 36.8 Å². The van der Waals surface area contributed by atoms with Crippen LogP contribution in [0.3, 0.4) is 0 Å². The van der Waals surface area contributed by atoms with Gasteiger partial charge >= 0.3 is 0 Å². The average Bonchev–Trinajstić information content (AvgIpc) is 3.20. The van der Waals surface area contributed by atoms with Crippen LogP contribution in [0.25, 0.3) is 0 Å². The Bertz CT molecular complexity index is 624. The minimum atomic E-state index is -0.330. The van der Waals surface area contributed by atoms with E-state index >= 15 is 0 Å². The molecule has 1 saturated heterocycles. The molecule has 3 heterocycles. The van der Waals surface area contributed by atoms with E-state index in [4.69, 9.17) is 0 Å². The molecular weight excluding hydrogens is 298 g/mol. The standard InChI is InChI=1S/C15H21N5OS/c1-16-13(12-8-18-19(2)9-12)15(21)20-6-3-4-11(10-20)14-17-5-7-22-14/h5,7-9,11,13,16H,3-4,6,10H2,1-2H3. The predicted octanol–water partition coefficient (Wildman–Crippen LogP) is 1.54. The highest BCUT2D eigenvalue weighted by Gasteiger charge is 2.31. The number of thiazole rings is 1. The van der Waals surface area contributed by atoms with E-state index in [2.05, 4.69) is 15.4 Å². The SMILES string of the molecule is CNC(C(=O)N1CCCC(c2nccs2)C1)c1cnn(C)c1. The molecule has 0 radical (unpaired) electrons. The molecule has 22 heavy (non-hydrogen) atoms. The molecule has 1 aliphatic rings. The number of hydrogen-bond acceptors (Lipinski definition) is 5. The van der Waals surface area contributed by atoms with E-state index in [9.17, 15) is 4.79 Å². The lowest BCUT2D eigenvalue weighted by Crippen LogP contribution is -2.44. The molecule has 1 fully saturated rings. The fourth-order valence-corrected chi connectivity index (χ4v) is 3.79. The predicted molar refractivity (Wildman–Crippen MR) is 85.7 cm³/mol. The van der Waals surface area contributed by atoms with Gasteiger partial charge in [0.1, 0.15) is 6.04 Å². The minimum absolute atomic E-state index is 0.122. The molecule has 0 saturated carbocycles. The molecule has 0 aromatic carbocycles. The molecule has 2 aromatic rings. The lowest BCUT2D eigenvalue weighted by atomic mass is 9.97. The first-order chi connectivity index (χ1) is 10.7. The first-order valence-electron chi connectivity index (χ1n) is 7.53. The Hall–Kier alpha value is -1.73. The highest BCUT2D eigenvalue weighted by molar-refractivity contribution is 7.09. The molecule has 2 aromatic heterocycles. The third-order valence-electron chi connectivity index (χ3n) is 4.13. The van der Waals surface area contributed by atoms with E-state index in [1.165, 1.54) is 0 Å². The van der Waals surface area contributed by atoms with Crippen molar-refractivity contribution in [3.05, 3.63) is 34.5 Å². The van der Waals surface area contributed by atoms with Gasteiger partial charge in [0, 0.05) is 49.4 Å². The molecular formula is C15H21N5OS. The maximum atomic E-state index is 12.9. The zero-order valence-electron chi connectivity index (χ0n) is 12.9. The van der Waals surface area contributed by atoms with Gasteiger partial charge in [-0.05, 0) is 19.9 Å². The highest BCUT2D eigenvalue weighted by Crippen LogP contribution is 2.29. The van der Waals surface area contributed by atoms with Gasteiger partial charge in [0.25, 0.3) is 0 Å². The molecule has 2 unspecified atom stereocenters. The summed E-state index contributed by atoms with van der Waals surface area (Å²) in [5.74, 6) is 0.487. The summed E-state index contributed by atoms with van der Waals surface area (Å²) in [5, 5.41) is 10.4. The van der Waals surface area contributed by atoms with E-state index < -0.39 is 0 Å². The smallest absolute Gasteiger partial charge is 0.244 e. The van der Waals surface area contributed by atoms with Crippen molar-refractivity contribution in [3.63, 3.8) is 0 Å². The van der Waals surface area contributed by atoms with Gasteiger partial charge < -0.3 is 10.2 Å². The molecule has 118 valence electrons. The van der Waals surface area contributed by atoms with Gasteiger partial charge in [-0.3, -0.25) is 9.48 Å². The first kappa shape index (κ1) is 15.2. The number of piperidine rings is 1. The number of likely N-dealkylation sites (tertiary alicyclic amines) is 1. The second kappa shape index (κ2) is 6.58. The van der Waals surface area contributed by atoms with E-state index in [0.717, 1.165) is 36.5 Å². The summed E-state index contributed by atoms with van der Waals surface area (Å²) in [5.41, 5.74) is 0.909. The second-order valence-corrected chi connectivity index (χ2v) is 6.59. The molecule has 6 nitrogen and oxygen atoms in total. The fourth-order valence-electron chi connectivity index (χ4n) is 3.02. The third kappa shape index (κ3) is 3.05. The topological polar surface area (TPSA) is 63.1 Å². The molecule has 1 amide bonds. The quantitative estimate of drug-likeness (QED) is 0.928. The lowest BCUT2D eigenvalue weighted by molar-refractivity contribution is -0.134. The van der Waals surface area contributed by atoms with Crippen LogP contribution in [0.4, 0.5) is 0 Å². The van der Waals surface area contributed by atoms with Gasteiger partial charge in [0.05, 0.1) is 11.2 Å². The van der Waals surface area contributed by atoms with Crippen molar-refractivity contribution >= 4 is 17.2 Å². The van der Waals surface area contributed by atoms with Gasteiger partial charge in [-0.1, -0.05) is 0 Å². The van der Waals surface area contributed by atoms with Crippen LogP contribution in [0.5, 0.6) is 0 Å². The zero-order valence-corrected chi connectivity index (χ0v) is 13.7. The van der Waals surface area contributed by atoms with Crippen LogP contribution in [0.1, 0.15) is 35.4 Å². The summed E-state index contributed by atoms with van der Waals surface area (Å²) in [6.07, 6.45) is 7.61. The van der Waals surface area contributed by atoms with Crippen molar-refractivity contribution in [3.8, 4) is 0 Å². The van der Waals surface area contributed by atoms with Crippen LogP contribution in [-0.2, 0) is 11.8 Å². The minimum Gasteiger partial charge on any atom is -0.340 e. The highest BCUT2D eigenvalue weighted by atomic mass is 32.1. The zero-order chi connectivity index (χ0) is 15.5. The summed E-state index contributed by atoms with van der Waals surface area (Å²) in [6.45, 7) is 1.57. The van der Waals surface area contributed by atoms with Crippen LogP contribution in [0.2, 0.25) is 0 Å². The van der Waals surface area contributed by atoms with E-state index in [1.54, 1.807) is 22.2 Å². The third-order valence-corrected chi connectivity index (χ3v) is 5.07. The average molecular weight is 319 g/mol. The molecule has 0 aliphatic carbocycles. The summed E-state index contributed by atoms with van der Waals surface area (Å²) in [4.78, 5) is 19.2. The van der Waals surface area contributed by atoms with Gasteiger partial charge in [-0.25, -0.2) is 4.98 Å². The van der Waals surface area contributed by atoms with Crippen LogP contribution < -0.4 is 5.32 Å². The molecule has 0 bridgehead atoms. The van der Waals surface area contributed by atoms with Gasteiger partial charge in [0.15, 0.2) is 0 Å². The molecule has 1 N–H and O–H groups in total. The van der Waals surface area contributed by atoms with Crippen molar-refractivity contribution in [1.82, 2.24) is 25.0 Å². The number of nitrogens with zero attached hydrogens (tertiary/aromatic N) is 4. The number of carbonyl (C=O) groups is 1. The lowest BCUT2D eigenvalue weighted by Gasteiger charge is -2.34. The number of amides is 1. The largest absolute Gasteiger partial charge is 0.340 e. The normalized spacial score (nSPS) is 20.1.